The van der Waals surface area contributed by atoms with Crippen molar-refractivity contribution in [3.63, 3.8) is 0 Å². The number of amides is 1. The first-order valence-electron chi connectivity index (χ1n) is 10.3. The molecule has 0 unspecified atom stereocenters. The highest BCUT2D eigenvalue weighted by Gasteiger charge is 2.25. The summed E-state index contributed by atoms with van der Waals surface area (Å²) in [7, 11) is 1.64. The molecule has 2 aromatic rings. The van der Waals surface area contributed by atoms with Gasteiger partial charge in [0.15, 0.2) is 0 Å². The normalized spacial score (nSPS) is 16.1. The van der Waals surface area contributed by atoms with Crippen LogP contribution < -0.4 is 14.8 Å². The quantitative estimate of drug-likeness (QED) is 0.718. The molecule has 0 radical (unpaired) electrons. The number of nitrogens with zero attached hydrogens (tertiary/aromatic N) is 2. The second kappa shape index (κ2) is 10.4. The minimum atomic E-state index is -0.314. The molecular formula is C23H30FN3O3. The summed E-state index contributed by atoms with van der Waals surface area (Å²) >= 11 is 0. The molecule has 6 nitrogen and oxygen atoms in total. The van der Waals surface area contributed by atoms with Gasteiger partial charge in [0, 0.05) is 38.4 Å². The van der Waals surface area contributed by atoms with Crippen LogP contribution in [0, 0.1) is 12.7 Å². The molecule has 162 valence electrons. The van der Waals surface area contributed by atoms with Gasteiger partial charge in [-0.15, -0.1) is 0 Å². The van der Waals surface area contributed by atoms with Gasteiger partial charge in [0.05, 0.1) is 13.2 Å². The molecule has 7 heteroatoms. The Morgan fingerprint density at radius 3 is 2.40 bits per heavy atom. The third kappa shape index (κ3) is 5.93. The van der Waals surface area contributed by atoms with E-state index in [0.717, 1.165) is 44.2 Å². The lowest BCUT2D eigenvalue weighted by molar-refractivity contribution is -0.121. The van der Waals surface area contributed by atoms with Gasteiger partial charge in [0.2, 0.25) is 5.91 Å². The molecule has 1 aliphatic rings. The molecule has 1 atom stereocenters. The minimum Gasteiger partial charge on any atom is -0.497 e. The average molecular weight is 416 g/mol. The van der Waals surface area contributed by atoms with Crippen LogP contribution in [0.5, 0.6) is 11.5 Å². The third-order valence-electron chi connectivity index (χ3n) is 5.51. The zero-order valence-electron chi connectivity index (χ0n) is 17.9. The van der Waals surface area contributed by atoms with Crippen LogP contribution >= 0.6 is 0 Å². The highest BCUT2D eigenvalue weighted by atomic mass is 19.1. The Bertz CT molecular complexity index is 836. The summed E-state index contributed by atoms with van der Waals surface area (Å²) in [5, 5.41) is 2.82. The number of anilines is 1. The SMILES string of the molecule is COc1ccc(OCCN2CCN([C@@H](C)C(=O)Nc3ccc(C)c(F)c3)CC2)cc1. The summed E-state index contributed by atoms with van der Waals surface area (Å²) in [5.74, 6) is 1.21. The van der Waals surface area contributed by atoms with E-state index in [1.165, 1.54) is 6.07 Å². The standard InChI is InChI=1S/C23H30FN3O3/c1-17-4-5-19(16-22(17)24)25-23(28)18(2)27-12-10-26(11-13-27)14-15-30-21-8-6-20(29-3)7-9-21/h4-9,16,18H,10-15H2,1-3H3,(H,25,28)/t18-/m0/s1. The Morgan fingerprint density at radius 1 is 1.10 bits per heavy atom. The van der Waals surface area contributed by atoms with E-state index in [-0.39, 0.29) is 17.8 Å². The number of carbonyl (C=O) groups excluding carboxylic acids is 1. The van der Waals surface area contributed by atoms with E-state index in [0.29, 0.717) is 17.9 Å². The van der Waals surface area contributed by atoms with Crippen LogP contribution in [0.2, 0.25) is 0 Å². The van der Waals surface area contributed by atoms with Crippen LogP contribution in [0.25, 0.3) is 0 Å². The molecule has 0 bridgehead atoms. The molecule has 1 saturated heterocycles. The summed E-state index contributed by atoms with van der Waals surface area (Å²) in [6, 6.07) is 12.0. The van der Waals surface area contributed by atoms with Crippen LogP contribution in [-0.2, 0) is 4.79 Å². The number of carbonyl (C=O) groups is 1. The lowest BCUT2D eigenvalue weighted by Crippen LogP contribution is -2.53. The topological polar surface area (TPSA) is 54.0 Å². The molecule has 0 aromatic heterocycles. The predicted molar refractivity (Wildman–Crippen MR) is 116 cm³/mol. The van der Waals surface area contributed by atoms with Crippen molar-refractivity contribution in [1.29, 1.82) is 0 Å². The Kier molecular flexibility index (Phi) is 7.65. The molecule has 3 rings (SSSR count). The number of aryl methyl sites for hydroxylation is 1. The van der Waals surface area contributed by atoms with Crippen LogP contribution in [0.3, 0.4) is 0 Å². The van der Waals surface area contributed by atoms with Crippen molar-refractivity contribution in [1.82, 2.24) is 9.80 Å². The van der Waals surface area contributed by atoms with Gasteiger partial charge in [-0.05, 0) is 55.8 Å². The van der Waals surface area contributed by atoms with Crippen molar-refractivity contribution in [3.8, 4) is 11.5 Å². The summed E-state index contributed by atoms with van der Waals surface area (Å²) in [6.07, 6.45) is 0. The van der Waals surface area contributed by atoms with Crippen molar-refractivity contribution < 1.29 is 18.7 Å². The lowest BCUT2D eigenvalue weighted by Gasteiger charge is -2.37. The number of ether oxygens (including phenoxy) is 2. The summed E-state index contributed by atoms with van der Waals surface area (Å²) in [6.45, 7) is 8.40. The molecule has 1 aliphatic heterocycles. The molecule has 1 fully saturated rings. The first-order valence-corrected chi connectivity index (χ1v) is 10.3. The maximum atomic E-state index is 13.7. The van der Waals surface area contributed by atoms with E-state index in [9.17, 15) is 9.18 Å². The van der Waals surface area contributed by atoms with Crippen LogP contribution in [0.4, 0.5) is 10.1 Å². The van der Waals surface area contributed by atoms with E-state index < -0.39 is 0 Å². The Labute approximate surface area is 177 Å². The van der Waals surface area contributed by atoms with E-state index in [1.807, 2.05) is 31.2 Å². The van der Waals surface area contributed by atoms with Crippen molar-refractivity contribution in [2.24, 2.45) is 0 Å². The van der Waals surface area contributed by atoms with Crippen molar-refractivity contribution in [2.45, 2.75) is 19.9 Å². The molecule has 2 aromatic carbocycles. The molecular weight excluding hydrogens is 385 g/mol. The average Bonchev–Trinajstić information content (AvgIpc) is 2.77. The fraction of sp³-hybridized carbons (Fsp3) is 0.435. The number of nitrogens with one attached hydrogen (secondary N) is 1. The maximum Gasteiger partial charge on any atom is 0.241 e. The molecule has 0 aliphatic carbocycles. The van der Waals surface area contributed by atoms with E-state index in [1.54, 1.807) is 26.2 Å². The number of hydrogen-bond donors (Lipinski definition) is 1. The van der Waals surface area contributed by atoms with Gasteiger partial charge in [-0.1, -0.05) is 6.07 Å². The first-order chi connectivity index (χ1) is 14.5. The monoisotopic (exact) mass is 415 g/mol. The largest absolute Gasteiger partial charge is 0.497 e. The van der Waals surface area contributed by atoms with Gasteiger partial charge in [-0.25, -0.2) is 4.39 Å². The van der Waals surface area contributed by atoms with Crippen LogP contribution in [0.15, 0.2) is 42.5 Å². The number of halogens is 1. The molecule has 0 saturated carbocycles. The Hall–Kier alpha value is -2.64. The second-order valence-electron chi connectivity index (χ2n) is 7.53. The van der Waals surface area contributed by atoms with Gasteiger partial charge < -0.3 is 14.8 Å². The van der Waals surface area contributed by atoms with Crippen molar-refractivity contribution in [2.75, 3.05) is 51.8 Å². The van der Waals surface area contributed by atoms with Crippen molar-refractivity contribution in [3.05, 3.63) is 53.8 Å². The molecule has 1 N–H and O–H groups in total. The fourth-order valence-corrected chi connectivity index (χ4v) is 3.42. The van der Waals surface area contributed by atoms with Gasteiger partial charge in [0.25, 0.3) is 0 Å². The number of piperazine rings is 1. The first kappa shape index (κ1) is 22.1. The Morgan fingerprint density at radius 2 is 1.77 bits per heavy atom. The highest BCUT2D eigenvalue weighted by Crippen LogP contribution is 2.17. The summed E-state index contributed by atoms with van der Waals surface area (Å²) in [4.78, 5) is 17.0. The maximum absolute atomic E-state index is 13.7. The smallest absolute Gasteiger partial charge is 0.241 e. The third-order valence-corrected chi connectivity index (χ3v) is 5.51. The number of methoxy groups -OCH3 is 1. The minimum absolute atomic E-state index is 0.116. The van der Waals surface area contributed by atoms with Gasteiger partial charge in [-0.3, -0.25) is 14.6 Å². The highest BCUT2D eigenvalue weighted by molar-refractivity contribution is 5.94. The number of hydrogen-bond acceptors (Lipinski definition) is 5. The number of rotatable bonds is 8. The number of benzene rings is 2. The van der Waals surface area contributed by atoms with E-state index in [2.05, 4.69) is 15.1 Å². The zero-order chi connectivity index (χ0) is 21.5. The van der Waals surface area contributed by atoms with Crippen LogP contribution in [-0.4, -0.2) is 68.2 Å². The van der Waals surface area contributed by atoms with Gasteiger partial charge >= 0.3 is 0 Å². The van der Waals surface area contributed by atoms with Gasteiger partial charge in [0.1, 0.15) is 23.9 Å². The van der Waals surface area contributed by atoms with Crippen molar-refractivity contribution >= 4 is 11.6 Å². The fourth-order valence-electron chi connectivity index (χ4n) is 3.42. The van der Waals surface area contributed by atoms with E-state index >= 15 is 0 Å². The van der Waals surface area contributed by atoms with Gasteiger partial charge in [-0.2, -0.15) is 0 Å². The van der Waals surface area contributed by atoms with E-state index in [4.69, 9.17) is 9.47 Å². The predicted octanol–water partition coefficient (Wildman–Crippen LogP) is 3.17. The molecule has 0 spiro atoms. The molecule has 1 amide bonds. The Balaban J connectivity index is 1.39. The summed E-state index contributed by atoms with van der Waals surface area (Å²) < 4.78 is 24.6. The zero-order valence-corrected chi connectivity index (χ0v) is 17.9. The lowest BCUT2D eigenvalue weighted by atomic mass is 10.2. The summed E-state index contributed by atoms with van der Waals surface area (Å²) in [5.41, 5.74) is 1.05. The second-order valence-corrected chi connectivity index (χ2v) is 7.53. The molecule has 1 heterocycles. The molecule has 30 heavy (non-hydrogen) atoms. The van der Waals surface area contributed by atoms with Crippen LogP contribution in [0.1, 0.15) is 12.5 Å².